The van der Waals surface area contributed by atoms with Crippen LogP contribution in [0.25, 0.3) is 28.1 Å². The van der Waals surface area contributed by atoms with Gasteiger partial charge in [-0.1, -0.05) is 29.8 Å². The third-order valence-corrected chi connectivity index (χ3v) is 3.68. The van der Waals surface area contributed by atoms with Crippen molar-refractivity contribution in [3.63, 3.8) is 0 Å². The molecule has 0 bridgehead atoms. The van der Waals surface area contributed by atoms with Gasteiger partial charge in [0.05, 0.1) is 0 Å². The number of halogens is 1. The van der Waals surface area contributed by atoms with Crippen LogP contribution in [0.5, 0.6) is 0 Å². The zero-order valence-corrected chi connectivity index (χ0v) is 12.3. The average Bonchev–Trinajstić information content (AvgIpc) is 2.96. The lowest BCUT2D eigenvalue weighted by Crippen LogP contribution is -1.99. The Hall–Kier alpha value is -2.72. The van der Waals surface area contributed by atoms with Crippen LogP contribution in [0.1, 0.15) is 0 Å². The van der Waals surface area contributed by atoms with Crippen LogP contribution in [0.2, 0.25) is 5.02 Å². The van der Waals surface area contributed by atoms with Crippen molar-refractivity contribution >= 4 is 22.6 Å². The van der Waals surface area contributed by atoms with Crippen LogP contribution in [0.15, 0.2) is 67.0 Å². The van der Waals surface area contributed by atoms with E-state index in [1.165, 1.54) is 0 Å². The summed E-state index contributed by atoms with van der Waals surface area (Å²) < 4.78 is 1.76. The summed E-state index contributed by atoms with van der Waals surface area (Å²) in [4.78, 5) is 8.82. The van der Waals surface area contributed by atoms with Crippen molar-refractivity contribution in [2.24, 2.45) is 0 Å². The third-order valence-electron chi connectivity index (χ3n) is 3.43. The highest BCUT2D eigenvalue weighted by atomic mass is 35.5. The number of rotatable bonds is 2. The standard InChI is InChI=1S/C17H11ClN4/c18-13-8-6-12(7-9-13)16-14-4-3-11-20-17(14)22(21-16)15-5-1-2-10-19-15/h1-11H. The fourth-order valence-corrected chi connectivity index (χ4v) is 2.54. The fourth-order valence-electron chi connectivity index (χ4n) is 2.41. The first-order valence-corrected chi connectivity index (χ1v) is 7.22. The minimum atomic E-state index is 0.704. The van der Waals surface area contributed by atoms with Crippen molar-refractivity contribution in [1.29, 1.82) is 0 Å². The first-order valence-electron chi connectivity index (χ1n) is 6.84. The number of hydrogen-bond donors (Lipinski definition) is 0. The van der Waals surface area contributed by atoms with Gasteiger partial charge in [0.1, 0.15) is 5.69 Å². The topological polar surface area (TPSA) is 43.6 Å². The van der Waals surface area contributed by atoms with Crippen molar-refractivity contribution in [3.8, 4) is 17.1 Å². The van der Waals surface area contributed by atoms with Gasteiger partial charge >= 0.3 is 0 Å². The first kappa shape index (κ1) is 13.0. The molecule has 4 aromatic rings. The molecule has 0 atom stereocenters. The summed E-state index contributed by atoms with van der Waals surface area (Å²) in [5, 5.41) is 6.39. The van der Waals surface area contributed by atoms with Crippen molar-refractivity contribution in [3.05, 3.63) is 72.0 Å². The normalized spacial score (nSPS) is 11.0. The van der Waals surface area contributed by atoms with E-state index in [0.717, 1.165) is 28.1 Å². The molecule has 106 valence electrons. The Balaban J connectivity index is 1.99. The Labute approximate surface area is 132 Å². The molecule has 0 aliphatic carbocycles. The van der Waals surface area contributed by atoms with Gasteiger partial charge in [-0.25, -0.2) is 9.97 Å². The maximum atomic E-state index is 5.97. The number of fused-ring (bicyclic) bond motifs is 1. The van der Waals surface area contributed by atoms with Crippen LogP contribution < -0.4 is 0 Å². The summed E-state index contributed by atoms with van der Waals surface area (Å²) in [6, 6.07) is 17.3. The summed E-state index contributed by atoms with van der Waals surface area (Å²) in [5.41, 5.74) is 2.65. The maximum Gasteiger partial charge on any atom is 0.165 e. The lowest BCUT2D eigenvalue weighted by molar-refractivity contribution is 0.866. The van der Waals surface area contributed by atoms with Gasteiger partial charge in [0.15, 0.2) is 11.5 Å². The molecule has 22 heavy (non-hydrogen) atoms. The van der Waals surface area contributed by atoms with Gasteiger partial charge < -0.3 is 0 Å². The van der Waals surface area contributed by atoms with Crippen LogP contribution in [0.4, 0.5) is 0 Å². The van der Waals surface area contributed by atoms with Gasteiger partial charge in [-0.3, -0.25) is 0 Å². The van der Waals surface area contributed by atoms with Crippen LogP contribution in [0.3, 0.4) is 0 Å². The largest absolute Gasteiger partial charge is 0.237 e. The highest BCUT2D eigenvalue weighted by Crippen LogP contribution is 2.28. The molecular weight excluding hydrogens is 296 g/mol. The Kier molecular flexibility index (Phi) is 3.09. The molecule has 3 aromatic heterocycles. The molecule has 0 aliphatic rings. The second kappa shape index (κ2) is 5.24. The van der Waals surface area contributed by atoms with E-state index in [4.69, 9.17) is 16.7 Å². The molecule has 0 N–H and O–H groups in total. The lowest BCUT2D eigenvalue weighted by Gasteiger charge is -2.00. The van der Waals surface area contributed by atoms with Gasteiger partial charge in [-0.15, -0.1) is 0 Å². The van der Waals surface area contributed by atoms with Gasteiger partial charge in [0.2, 0.25) is 0 Å². The highest BCUT2D eigenvalue weighted by Gasteiger charge is 2.14. The highest BCUT2D eigenvalue weighted by molar-refractivity contribution is 6.30. The summed E-state index contributed by atoms with van der Waals surface area (Å²) >= 11 is 5.97. The molecule has 0 fully saturated rings. The Morgan fingerprint density at radius 3 is 2.41 bits per heavy atom. The Morgan fingerprint density at radius 1 is 0.818 bits per heavy atom. The predicted molar refractivity (Wildman–Crippen MR) is 87.1 cm³/mol. The second-order valence-electron chi connectivity index (χ2n) is 4.83. The number of aromatic nitrogens is 4. The molecule has 1 aromatic carbocycles. The quantitative estimate of drug-likeness (QED) is 0.559. The molecule has 3 heterocycles. The van der Waals surface area contributed by atoms with Gasteiger partial charge in [-0.05, 0) is 36.4 Å². The number of pyridine rings is 2. The molecule has 0 unspecified atom stereocenters. The van der Waals surface area contributed by atoms with Gasteiger partial charge in [-0.2, -0.15) is 9.78 Å². The van der Waals surface area contributed by atoms with E-state index in [1.807, 2.05) is 54.6 Å². The molecule has 5 heteroatoms. The van der Waals surface area contributed by atoms with E-state index in [-0.39, 0.29) is 0 Å². The van der Waals surface area contributed by atoms with E-state index in [9.17, 15) is 0 Å². The van der Waals surface area contributed by atoms with Crippen LogP contribution in [0, 0.1) is 0 Å². The molecule has 0 saturated heterocycles. The van der Waals surface area contributed by atoms with Crippen molar-refractivity contribution in [2.45, 2.75) is 0 Å². The summed E-state index contributed by atoms with van der Waals surface area (Å²) in [7, 11) is 0. The van der Waals surface area contributed by atoms with Crippen molar-refractivity contribution in [2.75, 3.05) is 0 Å². The van der Waals surface area contributed by atoms with E-state index >= 15 is 0 Å². The molecule has 4 nitrogen and oxygen atoms in total. The van der Waals surface area contributed by atoms with Gasteiger partial charge in [0.25, 0.3) is 0 Å². The molecule has 0 spiro atoms. The van der Waals surface area contributed by atoms with Gasteiger partial charge in [0, 0.05) is 28.4 Å². The van der Waals surface area contributed by atoms with Crippen LogP contribution in [-0.4, -0.2) is 19.7 Å². The average molecular weight is 307 g/mol. The Morgan fingerprint density at radius 2 is 1.64 bits per heavy atom. The molecule has 0 saturated carbocycles. The van der Waals surface area contributed by atoms with Crippen molar-refractivity contribution < 1.29 is 0 Å². The van der Waals surface area contributed by atoms with E-state index in [1.54, 1.807) is 17.1 Å². The number of benzene rings is 1. The molecule has 0 aliphatic heterocycles. The van der Waals surface area contributed by atoms with E-state index < -0.39 is 0 Å². The van der Waals surface area contributed by atoms with Crippen LogP contribution in [-0.2, 0) is 0 Å². The minimum Gasteiger partial charge on any atom is -0.237 e. The molecular formula is C17H11ClN4. The van der Waals surface area contributed by atoms with Crippen LogP contribution >= 0.6 is 11.6 Å². The fraction of sp³-hybridized carbons (Fsp3) is 0. The summed E-state index contributed by atoms with van der Waals surface area (Å²) in [6.07, 6.45) is 3.50. The zero-order valence-electron chi connectivity index (χ0n) is 11.5. The summed E-state index contributed by atoms with van der Waals surface area (Å²) in [6.45, 7) is 0. The third kappa shape index (κ3) is 2.14. The van der Waals surface area contributed by atoms with E-state index in [2.05, 4.69) is 9.97 Å². The Bertz CT molecular complexity index is 930. The summed E-state index contributed by atoms with van der Waals surface area (Å²) in [5.74, 6) is 0.742. The second-order valence-corrected chi connectivity index (χ2v) is 5.27. The number of nitrogens with zero attached hydrogens (tertiary/aromatic N) is 4. The monoisotopic (exact) mass is 306 g/mol. The predicted octanol–water partition coefficient (Wildman–Crippen LogP) is 4.14. The number of hydrogen-bond acceptors (Lipinski definition) is 3. The molecule has 4 rings (SSSR count). The van der Waals surface area contributed by atoms with Crippen molar-refractivity contribution in [1.82, 2.24) is 19.7 Å². The smallest absolute Gasteiger partial charge is 0.165 e. The first-order chi connectivity index (χ1) is 10.8. The lowest BCUT2D eigenvalue weighted by atomic mass is 10.1. The molecule has 0 radical (unpaired) electrons. The minimum absolute atomic E-state index is 0.704. The SMILES string of the molecule is Clc1ccc(-c2nn(-c3ccccn3)c3ncccc23)cc1. The molecule has 0 amide bonds. The zero-order chi connectivity index (χ0) is 14.9. The van der Waals surface area contributed by atoms with E-state index in [0.29, 0.717) is 5.02 Å². The maximum absolute atomic E-state index is 5.97.